The summed E-state index contributed by atoms with van der Waals surface area (Å²) in [7, 11) is 0. The van der Waals surface area contributed by atoms with Gasteiger partial charge in [-0.05, 0) is 35.6 Å². The number of carbonyl (C=O) groups is 1. The Morgan fingerprint density at radius 2 is 2.30 bits per heavy atom. The zero-order valence-corrected chi connectivity index (χ0v) is 14.0. The highest BCUT2D eigenvalue weighted by Gasteiger charge is 2.21. The van der Waals surface area contributed by atoms with Gasteiger partial charge in [-0.3, -0.25) is 4.79 Å². The van der Waals surface area contributed by atoms with Crippen LogP contribution in [0.2, 0.25) is 5.02 Å². The highest BCUT2D eigenvalue weighted by molar-refractivity contribution is 9.10. The SMILES string of the molecule is Cc1csc(C(=O)Cc2cc(Br)cc3c2OCC3)c1Cl. The first-order valence-electron chi connectivity index (χ1n) is 6.27. The summed E-state index contributed by atoms with van der Waals surface area (Å²) in [5, 5.41) is 2.49. The maximum absolute atomic E-state index is 12.4. The lowest BCUT2D eigenvalue weighted by Gasteiger charge is -2.08. The number of ketones is 1. The van der Waals surface area contributed by atoms with Gasteiger partial charge in [-0.1, -0.05) is 27.5 Å². The zero-order chi connectivity index (χ0) is 14.3. The van der Waals surface area contributed by atoms with E-state index in [-0.39, 0.29) is 5.78 Å². The topological polar surface area (TPSA) is 26.3 Å². The number of carbonyl (C=O) groups excluding carboxylic acids is 1. The van der Waals surface area contributed by atoms with Crippen molar-refractivity contribution in [2.75, 3.05) is 6.61 Å². The molecule has 2 nitrogen and oxygen atoms in total. The molecule has 0 saturated carbocycles. The van der Waals surface area contributed by atoms with Gasteiger partial charge in [0.15, 0.2) is 5.78 Å². The summed E-state index contributed by atoms with van der Waals surface area (Å²) in [6.07, 6.45) is 1.22. The minimum atomic E-state index is 0.0453. The van der Waals surface area contributed by atoms with Crippen LogP contribution in [0.25, 0.3) is 0 Å². The lowest BCUT2D eigenvalue weighted by Crippen LogP contribution is -2.04. The zero-order valence-electron chi connectivity index (χ0n) is 10.8. The minimum Gasteiger partial charge on any atom is -0.493 e. The van der Waals surface area contributed by atoms with E-state index in [2.05, 4.69) is 22.0 Å². The first-order valence-corrected chi connectivity index (χ1v) is 8.32. The van der Waals surface area contributed by atoms with Crippen molar-refractivity contribution in [2.45, 2.75) is 19.8 Å². The van der Waals surface area contributed by atoms with E-state index in [1.807, 2.05) is 18.4 Å². The van der Waals surface area contributed by atoms with Crippen LogP contribution in [0.3, 0.4) is 0 Å². The average molecular weight is 372 g/mol. The highest BCUT2D eigenvalue weighted by atomic mass is 79.9. The number of thiophene rings is 1. The molecule has 0 fully saturated rings. The maximum atomic E-state index is 12.4. The molecule has 2 heterocycles. The van der Waals surface area contributed by atoms with Crippen LogP contribution in [0.15, 0.2) is 22.0 Å². The molecule has 3 rings (SSSR count). The van der Waals surface area contributed by atoms with Crippen molar-refractivity contribution in [1.82, 2.24) is 0 Å². The van der Waals surface area contributed by atoms with Gasteiger partial charge < -0.3 is 4.74 Å². The molecule has 5 heteroatoms. The molecular formula is C15H12BrClO2S. The Morgan fingerprint density at radius 3 is 3.00 bits per heavy atom. The second kappa shape index (κ2) is 5.51. The van der Waals surface area contributed by atoms with Crippen molar-refractivity contribution >= 4 is 44.7 Å². The summed E-state index contributed by atoms with van der Waals surface area (Å²) in [5.41, 5.74) is 3.05. The van der Waals surface area contributed by atoms with E-state index in [0.29, 0.717) is 22.9 Å². The number of Topliss-reactive ketones (excluding diaryl/α,β-unsaturated/α-hetero) is 1. The van der Waals surface area contributed by atoms with Crippen molar-refractivity contribution in [1.29, 1.82) is 0 Å². The Balaban J connectivity index is 1.92. The number of fused-ring (bicyclic) bond motifs is 1. The van der Waals surface area contributed by atoms with Gasteiger partial charge in [-0.2, -0.15) is 0 Å². The second-order valence-electron chi connectivity index (χ2n) is 4.81. The summed E-state index contributed by atoms with van der Waals surface area (Å²) in [5.74, 6) is 0.912. The van der Waals surface area contributed by atoms with Crippen molar-refractivity contribution in [3.05, 3.63) is 48.6 Å². The van der Waals surface area contributed by atoms with Crippen LogP contribution in [-0.2, 0) is 12.8 Å². The third-order valence-corrected chi connectivity index (χ3v) is 5.52. The Bertz CT molecular complexity index is 693. The monoisotopic (exact) mass is 370 g/mol. The lowest BCUT2D eigenvalue weighted by atomic mass is 10.0. The van der Waals surface area contributed by atoms with Crippen LogP contribution in [0.1, 0.15) is 26.4 Å². The molecule has 0 spiro atoms. The standard InChI is InChI=1S/C15H12BrClO2S/c1-8-7-20-15(13(8)17)12(18)6-10-5-11(16)4-9-2-3-19-14(9)10/h4-5,7H,2-3,6H2,1H3. The number of hydrogen-bond acceptors (Lipinski definition) is 3. The average Bonchev–Trinajstić information content (AvgIpc) is 2.97. The van der Waals surface area contributed by atoms with E-state index in [1.54, 1.807) is 0 Å². The van der Waals surface area contributed by atoms with E-state index in [0.717, 1.165) is 33.3 Å². The van der Waals surface area contributed by atoms with Gasteiger partial charge in [-0.15, -0.1) is 11.3 Å². The van der Waals surface area contributed by atoms with Gasteiger partial charge in [0.05, 0.1) is 16.5 Å². The molecule has 2 aromatic rings. The number of benzene rings is 1. The summed E-state index contributed by atoms with van der Waals surface area (Å²) in [6, 6.07) is 4.01. The van der Waals surface area contributed by atoms with Crippen LogP contribution in [-0.4, -0.2) is 12.4 Å². The molecule has 0 aliphatic carbocycles. The molecule has 0 unspecified atom stereocenters. The fraction of sp³-hybridized carbons (Fsp3) is 0.267. The van der Waals surface area contributed by atoms with Crippen molar-refractivity contribution in [2.24, 2.45) is 0 Å². The van der Waals surface area contributed by atoms with E-state index in [9.17, 15) is 4.79 Å². The minimum absolute atomic E-state index is 0.0453. The molecular weight excluding hydrogens is 360 g/mol. The first kappa shape index (κ1) is 14.1. The molecule has 104 valence electrons. The molecule has 0 N–H and O–H groups in total. The molecule has 0 radical (unpaired) electrons. The van der Waals surface area contributed by atoms with Crippen molar-refractivity contribution in [3.8, 4) is 5.75 Å². The largest absolute Gasteiger partial charge is 0.493 e. The van der Waals surface area contributed by atoms with Crippen LogP contribution in [0.4, 0.5) is 0 Å². The van der Waals surface area contributed by atoms with E-state index >= 15 is 0 Å². The second-order valence-corrected chi connectivity index (χ2v) is 6.99. The fourth-order valence-electron chi connectivity index (χ4n) is 2.35. The molecule has 0 bridgehead atoms. The predicted molar refractivity (Wildman–Crippen MR) is 85.4 cm³/mol. The van der Waals surface area contributed by atoms with E-state index in [4.69, 9.17) is 16.3 Å². The Kier molecular flexibility index (Phi) is 3.89. The molecule has 0 amide bonds. The van der Waals surface area contributed by atoms with Crippen LogP contribution < -0.4 is 4.74 Å². The van der Waals surface area contributed by atoms with Crippen LogP contribution >= 0.6 is 38.9 Å². The molecule has 1 aliphatic rings. The van der Waals surface area contributed by atoms with Gasteiger partial charge in [0.25, 0.3) is 0 Å². The quantitative estimate of drug-likeness (QED) is 0.722. The highest BCUT2D eigenvalue weighted by Crippen LogP contribution is 2.35. The van der Waals surface area contributed by atoms with Crippen molar-refractivity contribution < 1.29 is 9.53 Å². The van der Waals surface area contributed by atoms with Crippen molar-refractivity contribution in [3.63, 3.8) is 0 Å². The third kappa shape index (κ3) is 2.52. The first-order chi connectivity index (χ1) is 9.56. The smallest absolute Gasteiger partial charge is 0.178 e. The maximum Gasteiger partial charge on any atom is 0.178 e. The molecule has 1 aliphatic heterocycles. The summed E-state index contributed by atoms with van der Waals surface area (Å²) < 4.78 is 6.64. The molecule has 1 aromatic carbocycles. The fourth-order valence-corrected chi connectivity index (χ4v) is 4.14. The summed E-state index contributed by atoms with van der Waals surface area (Å²) in [4.78, 5) is 13.0. The van der Waals surface area contributed by atoms with Gasteiger partial charge in [0.2, 0.25) is 0 Å². The molecule has 20 heavy (non-hydrogen) atoms. The Morgan fingerprint density at radius 1 is 1.50 bits per heavy atom. The normalized spacial score (nSPS) is 13.2. The Labute approximate surface area is 134 Å². The summed E-state index contributed by atoms with van der Waals surface area (Å²) >= 11 is 11.1. The number of ether oxygens (including phenoxy) is 1. The predicted octanol–water partition coefficient (Wildman–Crippen LogP) is 4.83. The molecule has 0 atom stereocenters. The van der Waals surface area contributed by atoms with Gasteiger partial charge in [0.1, 0.15) is 5.75 Å². The van der Waals surface area contributed by atoms with Crippen LogP contribution in [0, 0.1) is 6.92 Å². The molecule has 1 aromatic heterocycles. The van der Waals surface area contributed by atoms with Crippen LogP contribution in [0.5, 0.6) is 5.75 Å². The van der Waals surface area contributed by atoms with Gasteiger partial charge >= 0.3 is 0 Å². The molecule has 0 saturated heterocycles. The lowest BCUT2D eigenvalue weighted by molar-refractivity contribution is 0.0996. The third-order valence-electron chi connectivity index (χ3n) is 3.33. The number of halogens is 2. The number of hydrogen-bond donors (Lipinski definition) is 0. The van der Waals surface area contributed by atoms with E-state index < -0.39 is 0 Å². The number of rotatable bonds is 3. The summed E-state index contributed by atoms with van der Waals surface area (Å²) in [6.45, 7) is 2.60. The van der Waals surface area contributed by atoms with Gasteiger partial charge in [0, 0.05) is 22.9 Å². The van der Waals surface area contributed by atoms with Gasteiger partial charge in [-0.25, -0.2) is 0 Å². The van der Waals surface area contributed by atoms with E-state index in [1.165, 1.54) is 11.3 Å². The Hall–Kier alpha value is -0.840. The number of aryl methyl sites for hydroxylation is 1.